The number of para-hydroxylation sites is 1. The minimum atomic E-state index is 0.766. The summed E-state index contributed by atoms with van der Waals surface area (Å²) in [6.45, 7) is 5.16. The van der Waals surface area contributed by atoms with Crippen molar-refractivity contribution in [2.75, 3.05) is 17.2 Å². The highest BCUT2D eigenvalue weighted by Gasteiger charge is 2.14. The molecule has 3 aromatic rings. The number of nitrogens with two attached hydrogens (primary N) is 1. The van der Waals surface area contributed by atoms with Gasteiger partial charge >= 0.3 is 0 Å². The van der Waals surface area contributed by atoms with Crippen molar-refractivity contribution in [1.29, 1.82) is 0 Å². The lowest BCUT2D eigenvalue weighted by Crippen LogP contribution is -2.17. The zero-order chi connectivity index (χ0) is 14.8. The highest BCUT2D eigenvalue weighted by Crippen LogP contribution is 2.34. The molecule has 0 saturated heterocycles. The van der Waals surface area contributed by atoms with E-state index in [1.165, 1.54) is 11.3 Å². The molecule has 0 fully saturated rings. The van der Waals surface area contributed by atoms with Crippen molar-refractivity contribution in [2.24, 2.45) is 0 Å². The summed E-state index contributed by atoms with van der Waals surface area (Å²) in [6.07, 6.45) is 1.82. The summed E-state index contributed by atoms with van der Waals surface area (Å²) in [6, 6.07) is 16.4. The fraction of sp³-hybridized carbons (Fsp3) is 0.167. The van der Waals surface area contributed by atoms with Gasteiger partial charge in [0.15, 0.2) is 0 Å². The maximum atomic E-state index is 6.08. The average molecular weight is 277 g/mol. The molecule has 0 atom stereocenters. The number of nitrogen functional groups attached to an aromatic ring is 1. The smallest absolute Gasteiger partial charge is 0.0959 e. The predicted molar refractivity (Wildman–Crippen MR) is 90.0 cm³/mol. The lowest BCUT2D eigenvalue weighted by molar-refractivity contribution is 1.02. The molecular formula is C18H19N3. The Morgan fingerprint density at radius 1 is 1.00 bits per heavy atom. The van der Waals surface area contributed by atoms with E-state index in [9.17, 15) is 0 Å². The van der Waals surface area contributed by atoms with Crippen LogP contribution >= 0.6 is 0 Å². The zero-order valence-electron chi connectivity index (χ0n) is 12.4. The molecule has 0 saturated carbocycles. The van der Waals surface area contributed by atoms with E-state index in [2.05, 4.69) is 54.1 Å². The van der Waals surface area contributed by atoms with E-state index >= 15 is 0 Å². The summed E-state index contributed by atoms with van der Waals surface area (Å²) in [5, 5.41) is 1.00. The molecule has 3 rings (SSSR count). The molecule has 0 unspecified atom stereocenters. The first kappa shape index (κ1) is 13.4. The van der Waals surface area contributed by atoms with Crippen molar-refractivity contribution in [3.63, 3.8) is 0 Å². The van der Waals surface area contributed by atoms with Gasteiger partial charge in [0.2, 0.25) is 0 Å². The largest absolute Gasteiger partial charge is 0.398 e. The third-order valence-electron chi connectivity index (χ3n) is 3.80. The molecule has 0 aliphatic rings. The number of aromatic nitrogens is 1. The molecule has 1 heterocycles. The lowest BCUT2D eigenvalue weighted by atomic mass is 10.1. The number of rotatable bonds is 3. The Morgan fingerprint density at radius 3 is 2.57 bits per heavy atom. The predicted octanol–water partition coefficient (Wildman–Crippen LogP) is 4.28. The van der Waals surface area contributed by atoms with E-state index in [0.29, 0.717) is 0 Å². The maximum Gasteiger partial charge on any atom is 0.0959 e. The Balaban J connectivity index is 2.23. The van der Waals surface area contributed by atoms with Crippen LogP contribution in [0.5, 0.6) is 0 Å². The van der Waals surface area contributed by atoms with Crippen molar-refractivity contribution in [3.05, 3.63) is 60.3 Å². The highest BCUT2D eigenvalue weighted by atomic mass is 15.1. The fourth-order valence-electron chi connectivity index (χ4n) is 2.73. The number of nitrogens with zero attached hydrogens (tertiary/aromatic N) is 2. The van der Waals surface area contributed by atoms with Crippen LogP contribution in [0.2, 0.25) is 0 Å². The standard InChI is InChI=1S/C18H19N3/c1-3-21(16-9-5-4-7-13(16)2)17-11-10-15(19)14-8-6-12-20-18(14)17/h4-12H,3,19H2,1-2H3. The quantitative estimate of drug-likeness (QED) is 0.726. The first-order valence-corrected chi connectivity index (χ1v) is 7.18. The van der Waals surface area contributed by atoms with Crippen LogP contribution in [-0.2, 0) is 0 Å². The van der Waals surface area contributed by atoms with Crippen molar-refractivity contribution in [1.82, 2.24) is 4.98 Å². The molecular weight excluding hydrogens is 258 g/mol. The molecule has 0 radical (unpaired) electrons. The monoisotopic (exact) mass is 277 g/mol. The number of aryl methyl sites for hydroxylation is 1. The van der Waals surface area contributed by atoms with Crippen molar-refractivity contribution >= 4 is 28.0 Å². The third-order valence-corrected chi connectivity index (χ3v) is 3.80. The lowest BCUT2D eigenvalue weighted by Gasteiger charge is -2.26. The van der Waals surface area contributed by atoms with Gasteiger partial charge in [0.25, 0.3) is 0 Å². The summed E-state index contributed by atoms with van der Waals surface area (Å²) >= 11 is 0. The summed E-state index contributed by atoms with van der Waals surface area (Å²) in [7, 11) is 0. The van der Waals surface area contributed by atoms with Crippen LogP contribution in [0.25, 0.3) is 10.9 Å². The molecule has 0 spiro atoms. The van der Waals surface area contributed by atoms with Gasteiger partial charge in [-0.3, -0.25) is 4.98 Å². The van der Waals surface area contributed by atoms with E-state index in [1.54, 1.807) is 0 Å². The zero-order valence-corrected chi connectivity index (χ0v) is 12.4. The first-order valence-electron chi connectivity index (χ1n) is 7.18. The minimum absolute atomic E-state index is 0.766. The van der Waals surface area contributed by atoms with Crippen LogP contribution in [0, 0.1) is 6.92 Å². The number of hydrogen-bond acceptors (Lipinski definition) is 3. The summed E-state index contributed by atoms with van der Waals surface area (Å²) in [5.41, 5.74) is 11.3. The molecule has 1 aromatic heterocycles. The molecule has 2 aromatic carbocycles. The normalized spacial score (nSPS) is 10.8. The second-order valence-electron chi connectivity index (χ2n) is 5.10. The first-order chi connectivity index (χ1) is 10.2. The number of hydrogen-bond donors (Lipinski definition) is 1. The minimum Gasteiger partial charge on any atom is -0.398 e. The van der Waals surface area contributed by atoms with Crippen molar-refractivity contribution in [2.45, 2.75) is 13.8 Å². The number of pyridine rings is 1. The molecule has 0 bridgehead atoms. The Morgan fingerprint density at radius 2 is 1.81 bits per heavy atom. The van der Waals surface area contributed by atoms with Gasteiger partial charge in [-0.2, -0.15) is 0 Å². The van der Waals surface area contributed by atoms with E-state index < -0.39 is 0 Å². The van der Waals surface area contributed by atoms with Gasteiger partial charge in [0, 0.05) is 29.5 Å². The number of anilines is 3. The van der Waals surface area contributed by atoms with Gasteiger partial charge in [0.1, 0.15) is 0 Å². The van der Waals surface area contributed by atoms with Crippen LogP contribution in [0.4, 0.5) is 17.1 Å². The SMILES string of the molecule is CCN(c1ccccc1C)c1ccc(N)c2cccnc12. The molecule has 2 N–H and O–H groups in total. The molecule has 3 nitrogen and oxygen atoms in total. The molecule has 106 valence electrons. The van der Waals surface area contributed by atoms with Gasteiger partial charge in [-0.1, -0.05) is 18.2 Å². The van der Waals surface area contributed by atoms with Crippen LogP contribution < -0.4 is 10.6 Å². The van der Waals surface area contributed by atoms with Crippen molar-refractivity contribution < 1.29 is 0 Å². The van der Waals surface area contributed by atoms with Gasteiger partial charge in [-0.05, 0) is 49.7 Å². The second-order valence-corrected chi connectivity index (χ2v) is 5.10. The maximum absolute atomic E-state index is 6.08. The summed E-state index contributed by atoms with van der Waals surface area (Å²) in [5.74, 6) is 0. The van der Waals surface area contributed by atoms with Crippen LogP contribution in [-0.4, -0.2) is 11.5 Å². The van der Waals surface area contributed by atoms with Gasteiger partial charge in [-0.15, -0.1) is 0 Å². The average Bonchev–Trinajstić information content (AvgIpc) is 2.52. The van der Waals surface area contributed by atoms with E-state index in [-0.39, 0.29) is 0 Å². The van der Waals surface area contributed by atoms with E-state index in [1.807, 2.05) is 24.4 Å². The molecule has 0 aliphatic heterocycles. The number of fused-ring (bicyclic) bond motifs is 1. The summed E-state index contributed by atoms with van der Waals surface area (Å²) in [4.78, 5) is 6.83. The Kier molecular flexibility index (Phi) is 3.48. The third kappa shape index (κ3) is 2.31. The second kappa shape index (κ2) is 5.44. The molecule has 0 aliphatic carbocycles. The molecule has 21 heavy (non-hydrogen) atoms. The van der Waals surface area contributed by atoms with Gasteiger partial charge in [-0.25, -0.2) is 0 Å². The topological polar surface area (TPSA) is 42.1 Å². The Hall–Kier alpha value is -2.55. The van der Waals surface area contributed by atoms with Crippen molar-refractivity contribution in [3.8, 4) is 0 Å². The van der Waals surface area contributed by atoms with Crippen LogP contribution in [0.3, 0.4) is 0 Å². The van der Waals surface area contributed by atoms with Gasteiger partial charge < -0.3 is 10.6 Å². The van der Waals surface area contributed by atoms with E-state index in [0.717, 1.165) is 28.8 Å². The highest BCUT2D eigenvalue weighted by molar-refractivity contribution is 6.00. The van der Waals surface area contributed by atoms with E-state index in [4.69, 9.17) is 5.73 Å². The molecule has 3 heteroatoms. The van der Waals surface area contributed by atoms with Crippen LogP contribution in [0.1, 0.15) is 12.5 Å². The van der Waals surface area contributed by atoms with Gasteiger partial charge in [0.05, 0.1) is 11.2 Å². The summed E-state index contributed by atoms with van der Waals surface area (Å²) < 4.78 is 0. The fourth-order valence-corrected chi connectivity index (χ4v) is 2.73. The van der Waals surface area contributed by atoms with Crippen LogP contribution in [0.15, 0.2) is 54.7 Å². The molecule has 0 amide bonds. The number of benzene rings is 2. The Labute approximate surface area is 125 Å². The Bertz CT molecular complexity index is 780.